The van der Waals surface area contributed by atoms with Gasteiger partial charge in [0, 0.05) is 5.56 Å². The highest BCUT2D eigenvalue weighted by Crippen LogP contribution is 2.37. The highest BCUT2D eigenvalue weighted by atomic mass is 16.3. The van der Waals surface area contributed by atoms with Gasteiger partial charge in [-0.15, -0.1) is 0 Å². The Balaban J connectivity index is 1.99. The summed E-state index contributed by atoms with van der Waals surface area (Å²) in [5.41, 5.74) is 1.13. The molecule has 0 fully saturated rings. The summed E-state index contributed by atoms with van der Waals surface area (Å²) in [5, 5.41) is 12.8. The maximum atomic E-state index is 10.4. The Kier molecular flexibility index (Phi) is 7.35. The summed E-state index contributed by atoms with van der Waals surface area (Å²) in [5.74, 6) is 0.857. The summed E-state index contributed by atoms with van der Waals surface area (Å²) in [6.45, 7) is 5.87. The van der Waals surface area contributed by atoms with E-state index in [9.17, 15) is 5.11 Å². The van der Waals surface area contributed by atoms with Gasteiger partial charge in [0.1, 0.15) is 5.75 Å². The van der Waals surface area contributed by atoms with Gasteiger partial charge in [-0.2, -0.15) is 0 Å². The molecule has 126 valence electrons. The lowest BCUT2D eigenvalue weighted by atomic mass is 9.87. The van der Waals surface area contributed by atoms with Crippen molar-refractivity contribution in [3.63, 3.8) is 0 Å². The average Bonchev–Trinajstić information content (AvgIpc) is 2.61. The number of phenolic OH excluding ortho intramolecular Hbond substituents is 1. The highest BCUT2D eigenvalue weighted by molar-refractivity contribution is 5.88. The van der Waals surface area contributed by atoms with Crippen molar-refractivity contribution in [1.82, 2.24) is 0 Å². The standard InChI is InChI=1S/C23H28O/c1-3-5-6-7-8-9-10-11-14-19(4-2)23-21-16-13-12-15-20(21)17-18-22(23)24/h3,5-8,12-13,15-19,24H,1,4,9-11,14H2,2H3/b6-5+,8-7+. The lowest BCUT2D eigenvalue weighted by Gasteiger charge is -2.19. The third kappa shape index (κ3) is 4.86. The summed E-state index contributed by atoms with van der Waals surface area (Å²) in [7, 11) is 0. The molecule has 1 atom stereocenters. The van der Waals surface area contributed by atoms with Crippen LogP contribution < -0.4 is 0 Å². The Labute approximate surface area is 146 Å². The lowest BCUT2D eigenvalue weighted by molar-refractivity contribution is 0.454. The molecular weight excluding hydrogens is 292 g/mol. The van der Waals surface area contributed by atoms with Gasteiger partial charge in [-0.25, -0.2) is 0 Å². The van der Waals surface area contributed by atoms with E-state index in [0.29, 0.717) is 11.7 Å². The molecule has 2 aromatic rings. The number of aromatic hydroxyl groups is 1. The first-order valence-electron chi connectivity index (χ1n) is 8.92. The first-order chi connectivity index (χ1) is 11.8. The van der Waals surface area contributed by atoms with Crippen molar-refractivity contribution in [2.75, 3.05) is 0 Å². The fourth-order valence-electron chi connectivity index (χ4n) is 3.24. The molecule has 1 nitrogen and oxygen atoms in total. The normalized spacial score (nSPS) is 13.0. The third-order valence-corrected chi connectivity index (χ3v) is 4.52. The molecule has 1 unspecified atom stereocenters. The van der Waals surface area contributed by atoms with Crippen molar-refractivity contribution >= 4 is 10.8 Å². The van der Waals surface area contributed by atoms with Gasteiger partial charge >= 0.3 is 0 Å². The molecule has 0 aliphatic heterocycles. The molecule has 1 heteroatoms. The number of hydrogen-bond donors (Lipinski definition) is 1. The molecule has 0 saturated heterocycles. The van der Waals surface area contributed by atoms with Gasteiger partial charge in [0.15, 0.2) is 0 Å². The van der Waals surface area contributed by atoms with Crippen molar-refractivity contribution in [3.8, 4) is 5.75 Å². The fraction of sp³-hybridized carbons (Fsp3) is 0.304. The van der Waals surface area contributed by atoms with Crippen LogP contribution in [0.15, 0.2) is 73.4 Å². The van der Waals surface area contributed by atoms with E-state index in [1.807, 2.05) is 24.3 Å². The summed E-state index contributed by atoms with van der Waals surface area (Å²) in [6.07, 6.45) is 15.6. The van der Waals surface area contributed by atoms with Gasteiger partial charge in [0.25, 0.3) is 0 Å². The van der Waals surface area contributed by atoms with Crippen LogP contribution in [0.25, 0.3) is 10.8 Å². The zero-order chi connectivity index (χ0) is 17.2. The van der Waals surface area contributed by atoms with Gasteiger partial charge in [-0.3, -0.25) is 0 Å². The number of rotatable bonds is 9. The van der Waals surface area contributed by atoms with Crippen LogP contribution in [0.5, 0.6) is 5.75 Å². The Morgan fingerprint density at radius 2 is 1.88 bits per heavy atom. The average molecular weight is 320 g/mol. The van der Waals surface area contributed by atoms with Gasteiger partial charge in [-0.1, -0.05) is 80.6 Å². The molecule has 0 amide bonds. The van der Waals surface area contributed by atoms with E-state index in [2.05, 4.69) is 49.9 Å². The number of fused-ring (bicyclic) bond motifs is 1. The topological polar surface area (TPSA) is 20.2 Å². The monoisotopic (exact) mass is 320 g/mol. The maximum Gasteiger partial charge on any atom is 0.119 e. The van der Waals surface area contributed by atoms with Crippen LogP contribution in [0.1, 0.15) is 50.5 Å². The second-order valence-corrected chi connectivity index (χ2v) is 6.16. The fourth-order valence-corrected chi connectivity index (χ4v) is 3.24. The Morgan fingerprint density at radius 3 is 2.67 bits per heavy atom. The van der Waals surface area contributed by atoms with E-state index in [1.165, 1.54) is 23.6 Å². The van der Waals surface area contributed by atoms with Gasteiger partial charge in [0.2, 0.25) is 0 Å². The third-order valence-electron chi connectivity index (χ3n) is 4.52. The van der Waals surface area contributed by atoms with E-state index in [-0.39, 0.29) is 0 Å². The van der Waals surface area contributed by atoms with Crippen LogP contribution in [0, 0.1) is 0 Å². The molecule has 0 bridgehead atoms. The summed E-state index contributed by atoms with van der Waals surface area (Å²) in [4.78, 5) is 0. The number of unbranched alkanes of at least 4 members (excludes halogenated alkanes) is 2. The summed E-state index contributed by atoms with van der Waals surface area (Å²) >= 11 is 0. The molecule has 0 saturated carbocycles. The van der Waals surface area contributed by atoms with Crippen LogP contribution in [-0.4, -0.2) is 5.11 Å². The van der Waals surface area contributed by atoms with E-state index in [0.717, 1.165) is 24.8 Å². The van der Waals surface area contributed by atoms with Gasteiger partial charge < -0.3 is 5.11 Å². The number of benzene rings is 2. The van der Waals surface area contributed by atoms with Gasteiger partial charge in [0.05, 0.1) is 0 Å². The quantitative estimate of drug-likeness (QED) is 0.393. The molecule has 0 aliphatic carbocycles. The minimum Gasteiger partial charge on any atom is -0.508 e. The SMILES string of the molecule is C=C/C=C/C=C/CCCCC(CC)c1c(O)ccc2ccccc12. The molecule has 0 aromatic heterocycles. The second kappa shape index (κ2) is 9.77. The second-order valence-electron chi connectivity index (χ2n) is 6.16. The lowest BCUT2D eigenvalue weighted by Crippen LogP contribution is -1.99. The van der Waals surface area contributed by atoms with Crippen LogP contribution >= 0.6 is 0 Å². The van der Waals surface area contributed by atoms with Crippen molar-refractivity contribution in [3.05, 3.63) is 78.9 Å². The molecule has 0 spiro atoms. The van der Waals surface area contributed by atoms with Crippen molar-refractivity contribution in [2.24, 2.45) is 0 Å². The minimum absolute atomic E-state index is 0.417. The van der Waals surface area contributed by atoms with Crippen molar-refractivity contribution in [2.45, 2.75) is 44.9 Å². The molecule has 2 rings (SSSR count). The molecule has 1 N–H and O–H groups in total. The van der Waals surface area contributed by atoms with Crippen molar-refractivity contribution < 1.29 is 5.11 Å². The number of allylic oxidation sites excluding steroid dienone is 5. The largest absolute Gasteiger partial charge is 0.508 e. The van der Waals surface area contributed by atoms with Crippen LogP contribution in [0.4, 0.5) is 0 Å². The number of phenols is 1. The van der Waals surface area contributed by atoms with E-state index in [4.69, 9.17) is 0 Å². The first kappa shape index (κ1) is 18.1. The smallest absolute Gasteiger partial charge is 0.119 e. The maximum absolute atomic E-state index is 10.4. The summed E-state index contributed by atoms with van der Waals surface area (Å²) in [6, 6.07) is 12.2. The minimum atomic E-state index is 0.417. The Hall–Kier alpha value is -2.28. The first-order valence-corrected chi connectivity index (χ1v) is 8.92. The molecule has 0 radical (unpaired) electrons. The summed E-state index contributed by atoms with van der Waals surface area (Å²) < 4.78 is 0. The zero-order valence-electron chi connectivity index (χ0n) is 14.6. The van der Waals surface area contributed by atoms with Crippen LogP contribution in [0.2, 0.25) is 0 Å². The number of hydrogen-bond acceptors (Lipinski definition) is 1. The Bertz CT molecular complexity index is 709. The van der Waals surface area contributed by atoms with Crippen LogP contribution in [0.3, 0.4) is 0 Å². The van der Waals surface area contributed by atoms with Crippen LogP contribution in [-0.2, 0) is 0 Å². The zero-order valence-corrected chi connectivity index (χ0v) is 14.6. The molecule has 0 aliphatic rings. The van der Waals surface area contributed by atoms with Gasteiger partial charge in [-0.05, 0) is 48.4 Å². The highest BCUT2D eigenvalue weighted by Gasteiger charge is 2.16. The predicted octanol–water partition coefficient (Wildman–Crippen LogP) is 6.90. The molecule has 0 heterocycles. The Morgan fingerprint density at radius 1 is 1.04 bits per heavy atom. The molecular formula is C23H28O. The van der Waals surface area contributed by atoms with Crippen molar-refractivity contribution in [1.29, 1.82) is 0 Å². The van der Waals surface area contributed by atoms with E-state index < -0.39 is 0 Å². The van der Waals surface area contributed by atoms with E-state index in [1.54, 1.807) is 6.08 Å². The molecule has 2 aromatic carbocycles. The predicted molar refractivity (Wildman–Crippen MR) is 106 cm³/mol. The van der Waals surface area contributed by atoms with E-state index >= 15 is 0 Å². The molecule has 24 heavy (non-hydrogen) atoms.